The van der Waals surface area contributed by atoms with E-state index in [0.29, 0.717) is 0 Å². The van der Waals surface area contributed by atoms with Gasteiger partial charge in [-0.15, -0.1) is 0 Å². The first-order valence-electron chi connectivity index (χ1n) is 6.89. The van der Waals surface area contributed by atoms with Gasteiger partial charge in [0.15, 0.2) is 0 Å². The van der Waals surface area contributed by atoms with Gasteiger partial charge in [-0.1, -0.05) is 26.0 Å². The summed E-state index contributed by atoms with van der Waals surface area (Å²) in [5.74, 6) is 1.00. The minimum atomic E-state index is 0.995. The molecule has 0 saturated carbocycles. The predicted molar refractivity (Wildman–Crippen MR) is 77.5 cm³/mol. The molecule has 0 bridgehead atoms. The lowest BCUT2D eigenvalue weighted by molar-refractivity contribution is 0.409. The summed E-state index contributed by atoms with van der Waals surface area (Å²) in [5, 5.41) is 6.74. The van der Waals surface area contributed by atoms with E-state index < -0.39 is 0 Å². The van der Waals surface area contributed by atoms with Gasteiger partial charge in [0.25, 0.3) is 0 Å². The molecular formula is C15H26N2O. The summed E-state index contributed by atoms with van der Waals surface area (Å²) in [5.41, 5.74) is 2.67. The molecule has 102 valence electrons. The molecule has 0 aromatic heterocycles. The normalized spacial score (nSPS) is 10.6. The molecule has 2 N–H and O–H groups in total. The highest BCUT2D eigenvalue weighted by Crippen LogP contribution is 2.20. The molecule has 0 atom stereocenters. The second-order valence-electron chi connectivity index (χ2n) is 4.35. The molecule has 0 aliphatic rings. The Bertz CT molecular complexity index is 339. The highest BCUT2D eigenvalue weighted by atomic mass is 16.5. The first kappa shape index (κ1) is 15.0. The standard InChI is InChI=1S/C15H26N2O/c1-4-13-6-7-15(18-3)14(12-13)8-9-17-11-10-16-5-2/h6-7,12,16-17H,4-5,8-11H2,1-3H3. The maximum Gasteiger partial charge on any atom is 0.122 e. The molecule has 18 heavy (non-hydrogen) atoms. The average molecular weight is 250 g/mol. The Morgan fingerprint density at radius 1 is 1.06 bits per heavy atom. The number of benzene rings is 1. The fourth-order valence-electron chi connectivity index (χ4n) is 1.95. The largest absolute Gasteiger partial charge is 0.496 e. The molecular weight excluding hydrogens is 224 g/mol. The van der Waals surface area contributed by atoms with Crippen LogP contribution in [0.4, 0.5) is 0 Å². The van der Waals surface area contributed by atoms with Crippen molar-refractivity contribution in [2.75, 3.05) is 33.3 Å². The van der Waals surface area contributed by atoms with Crippen molar-refractivity contribution in [2.24, 2.45) is 0 Å². The predicted octanol–water partition coefficient (Wildman–Crippen LogP) is 2.00. The lowest BCUT2D eigenvalue weighted by atomic mass is 10.1. The molecule has 0 aliphatic heterocycles. The van der Waals surface area contributed by atoms with Crippen molar-refractivity contribution in [3.8, 4) is 5.75 Å². The van der Waals surface area contributed by atoms with Crippen molar-refractivity contribution in [1.82, 2.24) is 10.6 Å². The summed E-state index contributed by atoms with van der Waals surface area (Å²) < 4.78 is 5.40. The van der Waals surface area contributed by atoms with Crippen molar-refractivity contribution < 1.29 is 4.74 Å². The van der Waals surface area contributed by atoms with Crippen molar-refractivity contribution in [2.45, 2.75) is 26.7 Å². The van der Waals surface area contributed by atoms with Crippen LogP contribution in [0.1, 0.15) is 25.0 Å². The van der Waals surface area contributed by atoms with Gasteiger partial charge >= 0.3 is 0 Å². The van der Waals surface area contributed by atoms with Crippen molar-refractivity contribution in [1.29, 1.82) is 0 Å². The van der Waals surface area contributed by atoms with E-state index in [4.69, 9.17) is 4.74 Å². The third-order valence-electron chi connectivity index (χ3n) is 3.05. The third-order valence-corrected chi connectivity index (χ3v) is 3.05. The van der Waals surface area contributed by atoms with E-state index in [2.05, 4.69) is 42.7 Å². The Morgan fingerprint density at radius 3 is 2.50 bits per heavy atom. The van der Waals surface area contributed by atoms with Gasteiger partial charge in [-0.3, -0.25) is 0 Å². The topological polar surface area (TPSA) is 33.3 Å². The van der Waals surface area contributed by atoms with Crippen molar-refractivity contribution in [3.63, 3.8) is 0 Å². The molecule has 0 spiro atoms. The monoisotopic (exact) mass is 250 g/mol. The maximum absolute atomic E-state index is 5.40. The molecule has 0 fully saturated rings. The Morgan fingerprint density at radius 2 is 1.83 bits per heavy atom. The second-order valence-corrected chi connectivity index (χ2v) is 4.35. The van der Waals surface area contributed by atoms with Gasteiger partial charge in [0.1, 0.15) is 5.75 Å². The Kier molecular flexibility index (Phi) is 7.46. The molecule has 1 aromatic carbocycles. The zero-order chi connectivity index (χ0) is 13.2. The fraction of sp³-hybridized carbons (Fsp3) is 0.600. The van der Waals surface area contributed by atoms with E-state index >= 15 is 0 Å². The lowest BCUT2D eigenvalue weighted by Gasteiger charge is -2.11. The fourth-order valence-corrected chi connectivity index (χ4v) is 1.95. The number of likely N-dealkylation sites (N-methyl/N-ethyl adjacent to an activating group) is 1. The SMILES string of the molecule is CCNCCNCCc1cc(CC)ccc1OC. The zero-order valence-electron chi connectivity index (χ0n) is 11.9. The number of aryl methyl sites for hydroxylation is 1. The summed E-state index contributed by atoms with van der Waals surface area (Å²) in [6.07, 6.45) is 2.09. The smallest absolute Gasteiger partial charge is 0.122 e. The van der Waals surface area contributed by atoms with E-state index in [0.717, 1.165) is 44.8 Å². The lowest BCUT2D eigenvalue weighted by Crippen LogP contribution is -2.28. The van der Waals surface area contributed by atoms with Gasteiger partial charge in [0.2, 0.25) is 0 Å². The minimum Gasteiger partial charge on any atom is -0.496 e. The molecule has 1 rings (SSSR count). The molecule has 3 nitrogen and oxygen atoms in total. The average Bonchev–Trinajstić information content (AvgIpc) is 2.42. The van der Waals surface area contributed by atoms with Crippen LogP contribution in [0.25, 0.3) is 0 Å². The van der Waals surface area contributed by atoms with E-state index in [1.165, 1.54) is 11.1 Å². The van der Waals surface area contributed by atoms with Crippen molar-refractivity contribution >= 4 is 0 Å². The summed E-state index contributed by atoms with van der Waals surface area (Å²) in [6.45, 7) is 8.39. The van der Waals surface area contributed by atoms with Crippen LogP contribution in [-0.2, 0) is 12.8 Å². The number of nitrogens with one attached hydrogen (secondary N) is 2. The first-order chi connectivity index (χ1) is 8.81. The van der Waals surface area contributed by atoms with Crippen LogP contribution in [0.3, 0.4) is 0 Å². The number of rotatable bonds is 9. The van der Waals surface area contributed by atoms with Crippen LogP contribution in [0.5, 0.6) is 5.75 Å². The molecule has 0 heterocycles. The second kappa shape index (κ2) is 8.95. The minimum absolute atomic E-state index is 0.995. The van der Waals surface area contributed by atoms with Gasteiger partial charge in [0, 0.05) is 13.1 Å². The summed E-state index contributed by atoms with van der Waals surface area (Å²) in [7, 11) is 1.74. The van der Waals surface area contributed by atoms with Crippen LogP contribution >= 0.6 is 0 Å². The third kappa shape index (κ3) is 5.07. The highest BCUT2D eigenvalue weighted by molar-refractivity contribution is 5.37. The van der Waals surface area contributed by atoms with Crippen LogP contribution in [-0.4, -0.2) is 33.3 Å². The number of hydrogen-bond acceptors (Lipinski definition) is 3. The molecule has 1 aromatic rings. The molecule has 0 aliphatic carbocycles. The zero-order valence-corrected chi connectivity index (χ0v) is 11.9. The molecule has 0 saturated heterocycles. The summed E-state index contributed by atoms with van der Waals surface area (Å²) in [4.78, 5) is 0. The van der Waals surface area contributed by atoms with Crippen LogP contribution in [0, 0.1) is 0 Å². The highest BCUT2D eigenvalue weighted by Gasteiger charge is 2.03. The molecule has 3 heteroatoms. The van der Waals surface area contributed by atoms with Gasteiger partial charge in [0.05, 0.1) is 7.11 Å². The van der Waals surface area contributed by atoms with Crippen molar-refractivity contribution in [3.05, 3.63) is 29.3 Å². The van der Waals surface area contributed by atoms with Crippen LogP contribution in [0.15, 0.2) is 18.2 Å². The van der Waals surface area contributed by atoms with Gasteiger partial charge in [-0.25, -0.2) is 0 Å². The molecule has 0 amide bonds. The van der Waals surface area contributed by atoms with E-state index in [1.54, 1.807) is 7.11 Å². The Labute approximate surface area is 111 Å². The molecule has 0 radical (unpaired) electrons. The molecule has 0 unspecified atom stereocenters. The van der Waals surface area contributed by atoms with Gasteiger partial charge in [-0.05, 0) is 43.1 Å². The Hall–Kier alpha value is -1.06. The quantitative estimate of drug-likeness (QED) is 0.658. The number of hydrogen-bond donors (Lipinski definition) is 2. The van der Waals surface area contributed by atoms with E-state index in [-0.39, 0.29) is 0 Å². The van der Waals surface area contributed by atoms with Crippen LogP contribution in [0.2, 0.25) is 0 Å². The van der Waals surface area contributed by atoms with Gasteiger partial charge < -0.3 is 15.4 Å². The van der Waals surface area contributed by atoms with Crippen LogP contribution < -0.4 is 15.4 Å². The van der Waals surface area contributed by atoms with E-state index in [1.807, 2.05) is 0 Å². The summed E-state index contributed by atoms with van der Waals surface area (Å²) >= 11 is 0. The van der Waals surface area contributed by atoms with Gasteiger partial charge in [-0.2, -0.15) is 0 Å². The van der Waals surface area contributed by atoms with E-state index in [9.17, 15) is 0 Å². The summed E-state index contributed by atoms with van der Waals surface area (Å²) in [6, 6.07) is 6.47. The number of ether oxygens (including phenoxy) is 1. The first-order valence-corrected chi connectivity index (χ1v) is 6.89. The Balaban J connectivity index is 2.39. The maximum atomic E-state index is 5.40. The number of methoxy groups -OCH3 is 1.